The molecule has 0 N–H and O–H groups in total. The van der Waals surface area contributed by atoms with Gasteiger partial charge >= 0.3 is 0 Å². The highest BCUT2D eigenvalue weighted by atomic mass is 16.5. The van der Waals surface area contributed by atoms with Crippen molar-refractivity contribution in [2.75, 3.05) is 0 Å². The largest absolute Gasteiger partial charge is 0.489 e. The highest BCUT2D eigenvalue weighted by Crippen LogP contribution is 2.28. The minimum Gasteiger partial charge on any atom is -0.489 e. The molecule has 1 radical (unpaired) electrons. The summed E-state index contributed by atoms with van der Waals surface area (Å²) >= 11 is 0. The van der Waals surface area contributed by atoms with E-state index in [9.17, 15) is 0 Å². The first-order valence-corrected chi connectivity index (χ1v) is 9.73. The normalized spacial score (nSPS) is 12.3. The molecule has 4 aromatic carbocycles. The van der Waals surface area contributed by atoms with Gasteiger partial charge < -0.3 is 4.74 Å². The van der Waals surface area contributed by atoms with Crippen LogP contribution in [0.3, 0.4) is 0 Å². The van der Waals surface area contributed by atoms with Crippen molar-refractivity contribution in [3.05, 3.63) is 96.9 Å². The van der Waals surface area contributed by atoms with E-state index < -0.39 is 0 Å². The lowest BCUT2D eigenvalue weighted by Crippen LogP contribution is -2.20. The molecule has 0 aliphatic heterocycles. The smallest absolute Gasteiger partial charge is 0.127 e. The lowest BCUT2D eigenvalue weighted by molar-refractivity contribution is 0.194. The molecule has 1 unspecified atom stereocenters. The summed E-state index contributed by atoms with van der Waals surface area (Å²) in [7, 11) is 0. The average Bonchev–Trinajstić information content (AvgIpc) is 2.72. The van der Waals surface area contributed by atoms with Crippen molar-refractivity contribution in [1.29, 1.82) is 0 Å². The number of fused-ring (bicyclic) bond motifs is 2. The minimum atomic E-state index is 0.160. The quantitative estimate of drug-likeness (QED) is 0.348. The van der Waals surface area contributed by atoms with E-state index in [-0.39, 0.29) is 6.10 Å². The Morgan fingerprint density at radius 2 is 1.52 bits per heavy atom. The second-order valence-corrected chi connectivity index (χ2v) is 7.09. The molecule has 1 nitrogen and oxygen atoms in total. The fourth-order valence-corrected chi connectivity index (χ4v) is 3.66. The van der Waals surface area contributed by atoms with Crippen LogP contribution >= 0.6 is 0 Å². The Morgan fingerprint density at radius 3 is 2.37 bits per heavy atom. The van der Waals surface area contributed by atoms with Crippen LogP contribution < -0.4 is 4.74 Å². The molecule has 0 aliphatic rings. The molecule has 4 aromatic rings. The van der Waals surface area contributed by atoms with Gasteiger partial charge in [-0.3, -0.25) is 0 Å². The van der Waals surface area contributed by atoms with Gasteiger partial charge in [0.2, 0.25) is 0 Å². The maximum absolute atomic E-state index is 6.53. The molecule has 1 atom stereocenters. The number of benzene rings is 4. The van der Waals surface area contributed by atoms with E-state index in [4.69, 9.17) is 4.74 Å². The number of unbranched alkanes of at least 4 members (excludes halogenated alkanes) is 1. The molecule has 0 saturated carbocycles. The van der Waals surface area contributed by atoms with Crippen molar-refractivity contribution in [2.24, 2.45) is 0 Å². The van der Waals surface area contributed by atoms with Crippen LogP contribution in [0.4, 0.5) is 0 Å². The number of rotatable bonds is 7. The van der Waals surface area contributed by atoms with Crippen molar-refractivity contribution in [2.45, 2.75) is 32.3 Å². The Morgan fingerprint density at radius 1 is 0.778 bits per heavy atom. The average molecular weight is 353 g/mol. The van der Waals surface area contributed by atoms with Crippen molar-refractivity contribution in [3.8, 4) is 5.75 Å². The highest BCUT2D eigenvalue weighted by molar-refractivity contribution is 5.88. The van der Waals surface area contributed by atoms with Gasteiger partial charge in [-0.2, -0.15) is 0 Å². The summed E-state index contributed by atoms with van der Waals surface area (Å²) in [6.45, 7) is 2.12. The molecule has 0 saturated heterocycles. The van der Waals surface area contributed by atoms with E-state index in [1.165, 1.54) is 27.1 Å². The highest BCUT2D eigenvalue weighted by Gasteiger charge is 2.13. The van der Waals surface area contributed by atoms with Crippen LogP contribution in [-0.2, 0) is 6.42 Å². The topological polar surface area (TPSA) is 9.23 Å². The molecule has 0 fully saturated rings. The van der Waals surface area contributed by atoms with E-state index in [1.54, 1.807) is 0 Å². The van der Waals surface area contributed by atoms with E-state index in [2.05, 4.69) is 98.3 Å². The Balaban J connectivity index is 1.60. The fourth-order valence-electron chi connectivity index (χ4n) is 3.66. The van der Waals surface area contributed by atoms with Gasteiger partial charge in [-0.1, -0.05) is 85.8 Å². The summed E-state index contributed by atoms with van der Waals surface area (Å²) in [5, 5.41) is 4.99. The third kappa shape index (κ3) is 4.14. The predicted molar refractivity (Wildman–Crippen MR) is 115 cm³/mol. The fraction of sp³-hybridized carbons (Fsp3) is 0.192. The first-order chi connectivity index (χ1) is 13.3. The minimum absolute atomic E-state index is 0.160. The lowest BCUT2D eigenvalue weighted by atomic mass is 10.00. The van der Waals surface area contributed by atoms with Crippen LogP contribution in [0.2, 0.25) is 0 Å². The van der Waals surface area contributed by atoms with Crippen molar-refractivity contribution in [1.82, 2.24) is 0 Å². The summed E-state index contributed by atoms with van der Waals surface area (Å²) in [6.07, 6.45) is 5.38. The molecule has 0 heterocycles. The summed E-state index contributed by atoms with van der Waals surface area (Å²) in [6, 6.07) is 30.0. The zero-order valence-corrected chi connectivity index (χ0v) is 15.8. The molecule has 135 valence electrons. The third-order valence-electron chi connectivity index (χ3n) is 5.10. The first-order valence-electron chi connectivity index (χ1n) is 9.73. The van der Waals surface area contributed by atoms with Gasteiger partial charge in [-0.25, -0.2) is 0 Å². The van der Waals surface area contributed by atoms with Crippen LogP contribution in [0.1, 0.15) is 25.3 Å². The number of ether oxygens (including phenoxy) is 1. The van der Waals surface area contributed by atoms with Gasteiger partial charge in [0.25, 0.3) is 0 Å². The summed E-state index contributed by atoms with van der Waals surface area (Å²) in [4.78, 5) is 0. The zero-order chi connectivity index (χ0) is 18.5. The Labute approximate surface area is 161 Å². The lowest BCUT2D eigenvalue weighted by Gasteiger charge is -2.21. The van der Waals surface area contributed by atoms with Crippen LogP contribution in [-0.4, -0.2) is 6.10 Å². The maximum Gasteiger partial charge on any atom is 0.127 e. The molecule has 0 aromatic heterocycles. The summed E-state index contributed by atoms with van der Waals surface area (Å²) in [5.74, 6) is 0.981. The van der Waals surface area contributed by atoms with Crippen molar-refractivity contribution < 1.29 is 4.74 Å². The molecule has 0 aliphatic carbocycles. The monoisotopic (exact) mass is 353 g/mol. The Bertz CT molecular complexity index is 1030. The van der Waals surface area contributed by atoms with Crippen LogP contribution in [0.15, 0.2) is 84.9 Å². The van der Waals surface area contributed by atoms with Gasteiger partial charge in [0.15, 0.2) is 0 Å². The predicted octanol–water partition coefficient (Wildman–Crippen LogP) is 6.99. The molecule has 0 bridgehead atoms. The molecular weight excluding hydrogens is 328 g/mol. The van der Waals surface area contributed by atoms with Crippen molar-refractivity contribution >= 4 is 21.5 Å². The van der Waals surface area contributed by atoms with E-state index in [0.717, 1.165) is 25.0 Å². The Kier molecular flexibility index (Phi) is 5.39. The van der Waals surface area contributed by atoms with Crippen LogP contribution in [0, 0.1) is 6.42 Å². The molecule has 4 rings (SSSR count). The van der Waals surface area contributed by atoms with Gasteiger partial charge in [-0.05, 0) is 47.1 Å². The molecule has 0 spiro atoms. The van der Waals surface area contributed by atoms with E-state index in [0.29, 0.717) is 0 Å². The summed E-state index contributed by atoms with van der Waals surface area (Å²) in [5.41, 5.74) is 1.33. The zero-order valence-electron chi connectivity index (χ0n) is 15.8. The van der Waals surface area contributed by atoms with Gasteiger partial charge in [0, 0.05) is 11.8 Å². The molecule has 0 amide bonds. The standard InChI is InChI=1S/C26H25O/c1-2-3-13-24(19-20-16-17-21-9-4-5-11-23(21)18-20)27-26-15-8-12-22-10-6-7-14-25(22)26/h2,4-12,14-18,24H,3,13,19H2,1H3. The van der Waals surface area contributed by atoms with E-state index >= 15 is 0 Å². The SMILES string of the molecule is C[CH]CCC(Cc1ccc2ccccc2c1)Oc1cccc2ccccc12. The molecule has 1 heteroatoms. The third-order valence-corrected chi connectivity index (χ3v) is 5.10. The second-order valence-electron chi connectivity index (χ2n) is 7.09. The first kappa shape index (κ1) is 17.6. The van der Waals surface area contributed by atoms with Gasteiger partial charge in [-0.15, -0.1) is 0 Å². The molecule has 27 heavy (non-hydrogen) atoms. The van der Waals surface area contributed by atoms with Crippen LogP contribution in [0.5, 0.6) is 5.75 Å². The number of hydrogen-bond donors (Lipinski definition) is 0. The van der Waals surface area contributed by atoms with E-state index in [1.807, 2.05) is 0 Å². The second kappa shape index (κ2) is 8.26. The maximum atomic E-state index is 6.53. The summed E-state index contributed by atoms with van der Waals surface area (Å²) < 4.78 is 6.53. The Hall–Kier alpha value is -2.80. The van der Waals surface area contributed by atoms with Crippen LogP contribution in [0.25, 0.3) is 21.5 Å². The number of hydrogen-bond acceptors (Lipinski definition) is 1. The van der Waals surface area contributed by atoms with Gasteiger partial charge in [0.1, 0.15) is 11.9 Å². The van der Waals surface area contributed by atoms with Gasteiger partial charge in [0.05, 0.1) is 0 Å². The van der Waals surface area contributed by atoms with Crippen molar-refractivity contribution in [3.63, 3.8) is 0 Å². The molecular formula is C26H25O.